The maximum Gasteiger partial charge on any atom is 0.407 e. The van der Waals surface area contributed by atoms with Crippen LogP contribution in [0.4, 0.5) is 4.79 Å². The van der Waals surface area contributed by atoms with E-state index in [2.05, 4.69) is 5.32 Å². The zero-order valence-corrected chi connectivity index (χ0v) is 21.0. The van der Waals surface area contributed by atoms with Gasteiger partial charge in [0.15, 0.2) is 6.10 Å². The summed E-state index contributed by atoms with van der Waals surface area (Å²) in [7, 11) is 0. The minimum atomic E-state index is -1.83. The number of hydrogen-bond acceptors (Lipinski definition) is 9. The van der Waals surface area contributed by atoms with Crippen LogP contribution in [0.15, 0.2) is 29.2 Å². The van der Waals surface area contributed by atoms with Crippen molar-refractivity contribution >= 4 is 64.6 Å². The number of aryl methyl sites for hydroxylation is 1. The topological polar surface area (TPSA) is 120 Å². The fraction of sp³-hybridized carbons (Fsp3) is 0.550. The van der Waals surface area contributed by atoms with Gasteiger partial charge in [-0.25, -0.2) is 4.79 Å². The van der Waals surface area contributed by atoms with Crippen LogP contribution in [-0.4, -0.2) is 69.9 Å². The van der Waals surface area contributed by atoms with Gasteiger partial charge in [-0.15, -0.1) is 0 Å². The molecule has 1 aliphatic heterocycles. The second kappa shape index (κ2) is 12.3. The molecule has 184 valence electrons. The number of thioether (sulfide) groups is 1. The molecule has 0 spiro atoms. The van der Waals surface area contributed by atoms with Crippen LogP contribution in [0.2, 0.25) is 0 Å². The molecule has 1 aliphatic rings. The predicted molar refractivity (Wildman–Crippen MR) is 122 cm³/mol. The zero-order valence-electron chi connectivity index (χ0n) is 18.0. The summed E-state index contributed by atoms with van der Waals surface area (Å²) in [4.78, 5) is 36.0. The number of aliphatic hydroxyl groups excluding tert-OH is 1. The van der Waals surface area contributed by atoms with Gasteiger partial charge < -0.3 is 29.4 Å². The minimum Gasteiger partial charge on any atom is -0.463 e. The lowest BCUT2D eigenvalue weighted by Gasteiger charge is -2.43. The Balaban J connectivity index is 2.28. The average Bonchev–Trinajstić information content (AvgIpc) is 2.70. The lowest BCUT2D eigenvalue weighted by molar-refractivity contribution is -0.200. The molecule has 0 radical (unpaired) electrons. The first-order chi connectivity index (χ1) is 15.4. The maximum absolute atomic E-state index is 12.3. The molecule has 1 aromatic carbocycles. The highest BCUT2D eigenvalue weighted by Crippen LogP contribution is 2.35. The molecule has 13 heteroatoms. The Morgan fingerprint density at radius 2 is 1.76 bits per heavy atom. The van der Waals surface area contributed by atoms with Crippen molar-refractivity contribution in [3.63, 3.8) is 0 Å². The van der Waals surface area contributed by atoms with E-state index in [0.29, 0.717) is 0 Å². The molecule has 0 unspecified atom stereocenters. The highest BCUT2D eigenvalue weighted by molar-refractivity contribution is 7.99. The van der Waals surface area contributed by atoms with Gasteiger partial charge in [0, 0.05) is 18.7 Å². The van der Waals surface area contributed by atoms with Crippen molar-refractivity contribution in [3.8, 4) is 0 Å². The van der Waals surface area contributed by atoms with E-state index in [1.807, 2.05) is 31.2 Å². The van der Waals surface area contributed by atoms with Gasteiger partial charge >= 0.3 is 18.0 Å². The highest BCUT2D eigenvalue weighted by atomic mass is 35.6. The summed E-state index contributed by atoms with van der Waals surface area (Å²) in [5.41, 5.74) is 0.159. The lowest BCUT2D eigenvalue weighted by atomic mass is 9.98. The normalized spacial score (nSPS) is 25.1. The van der Waals surface area contributed by atoms with Gasteiger partial charge in [-0.3, -0.25) is 9.59 Å². The largest absolute Gasteiger partial charge is 0.463 e. The summed E-state index contributed by atoms with van der Waals surface area (Å²) in [6.07, 6.45) is -4.66. The minimum absolute atomic E-state index is 0.278. The van der Waals surface area contributed by atoms with E-state index >= 15 is 0 Å². The Morgan fingerprint density at radius 1 is 1.12 bits per heavy atom. The summed E-state index contributed by atoms with van der Waals surface area (Å²) in [6.45, 7) is 3.48. The van der Waals surface area contributed by atoms with Gasteiger partial charge in [0.05, 0.1) is 6.04 Å². The molecule has 5 atom stereocenters. The van der Waals surface area contributed by atoms with Crippen LogP contribution in [0.3, 0.4) is 0 Å². The first-order valence-corrected chi connectivity index (χ1v) is 11.7. The summed E-state index contributed by atoms with van der Waals surface area (Å²) in [5, 5.41) is 13.5. The van der Waals surface area contributed by atoms with Gasteiger partial charge in [0.2, 0.25) is 3.79 Å². The number of hydrogen-bond donors (Lipinski definition) is 2. The molecule has 1 amide bonds. The number of ether oxygens (including phenoxy) is 4. The molecule has 0 aromatic heterocycles. The van der Waals surface area contributed by atoms with E-state index in [1.165, 1.54) is 18.7 Å². The third kappa shape index (κ3) is 9.38. The number of alkyl carbamates (subject to hydrolysis) is 1. The summed E-state index contributed by atoms with van der Waals surface area (Å²) in [6, 6.07) is 6.35. The molecule has 1 heterocycles. The summed E-state index contributed by atoms with van der Waals surface area (Å²) in [5.74, 6) is -1.27. The van der Waals surface area contributed by atoms with Crippen LogP contribution in [0.1, 0.15) is 19.4 Å². The number of carbonyl (C=O) groups is 3. The van der Waals surface area contributed by atoms with E-state index in [4.69, 9.17) is 53.8 Å². The molecule has 2 rings (SSSR count). The number of halogens is 3. The Hall–Kier alpha value is -1.43. The van der Waals surface area contributed by atoms with Gasteiger partial charge in [-0.2, -0.15) is 0 Å². The van der Waals surface area contributed by atoms with Crippen LogP contribution in [0.5, 0.6) is 0 Å². The fourth-order valence-corrected chi connectivity index (χ4v) is 4.22. The predicted octanol–water partition coefficient (Wildman–Crippen LogP) is 3.13. The van der Waals surface area contributed by atoms with Gasteiger partial charge in [-0.05, 0) is 19.1 Å². The van der Waals surface area contributed by atoms with E-state index in [9.17, 15) is 19.5 Å². The zero-order chi connectivity index (χ0) is 24.8. The van der Waals surface area contributed by atoms with Crippen molar-refractivity contribution in [2.75, 3.05) is 13.2 Å². The number of alkyl halides is 3. The number of nitrogens with one attached hydrogen (secondary N) is 1. The Bertz CT molecular complexity index is 836. The number of esters is 2. The van der Waals surface area contributed by atoms with Crippen molar-refractivity contribution in [1.29, 1.82) is 0 Å². The molecule has 33 heavy (non-hydrogen) atoms. The van der Waals surface area contributed by atoms with Crippen LogP contribution >= 0.6 is 46.6 Å². The third-order valence-electron chi connectivity index (χ3n) is 4.35. The summed E-state index contributed by atoms with van der Waals surface area (Å²) < 4.78 is 19.3. The standard InChI is InChI=1S/C20H24Cl3NO8S/c1-10-4-6-13(7-5-10)33-18-15(24-19(28)30-9-20(21,22)23)16(27)17(31-12(3)26)14(32-18)8-29-11(2)25/h4-7,14-18,27H,8-9H2,1-3H3,(H,24,28)/t14-,15-,16-,17+,18+/m1/s1. The molecular formula is C20H24Cl3NO8S. The van der Waals surface area contributed by atoms with E-state index in [1.54, 1.807) is 0 Å². The molecule has 0 aliphatic carbocycles. The number of aliphatic hydroxyl groups is 1. The second-order valence-corrected chi connectivity index (χ2v) is 10.9. The Kier molecular flexibility index (Phi) is 10.4. The molecule has 2 N–H and O–H groups in total. The summed E-state index contributed by atoms with van der Waals surface area (Å²) >= 11 is 18.0. The highest BCUT2D eigenvalue weighted by Gasteiger charge is 2.48. The van der Waals surface area contributed by atoms with Crippen molar-refractivity contribution in [3.05, 3.63) is 29.8 Å². The third-order valence-corrected chi connectivity index (χ3v) is 5.86. The van der Waals surface area contributed by atoms with Gasteiger partial charge in [0.25, 0.3) is 0 Å². The SMILES string of the molecule is CC(=O)OC[C@H]1O[C@@H](Sc2ccc(C)cc2)[C@H](NC(=O)OCC(Cl)(Cl)Cl)[C@@H](O)[C@H]1OC(C)=O. The van der Waals surface area contributed by atoms with E-state index < -0.39 is 58.2 Å². The Morgan fingerprint density at radius 3 is 2.30 bits per heavy atom. The number of carbonyl (C=O) groups excluding carboxylic acids is 3. The van der Waals surface area contributed by atoms with E-state index in [0.717, 1.165) is 17.4 Å². The smallest absolute Gasteiger partial charge is 0.407 e. The second-order valence-electron chi connectivity index (χ2n) is 7.20. The lowest BCUT2D eigenvalue weighted by Crippen LogP contribution is -2.64. The molecule has 0 saturated carbocycles. The number of amides is 1. The van der Waals surface area contributed by atoms with Gasteiger partial charge in [0.1, 0.15) is 30.9 Å². The molecule has 9 nitrogen and oxygen atoms in total. The van der Waals surface area contributed by atoms with Crippen molar-refractivity contribution in [2.45, 2.75) is 59.2 Å². The maximum atomic E-state index is 12.3. The van der Waals surface area contributed by atoms with E-state index in [-0.39, 0.29) is 6.61 Å². The van der Waals surface area contributed by atoms with Crippen LogP contribution in [0.25, 0.3) is 0 Å². The van der Waals surface area contributed by atoms with Crippen molar-refractivity contribution in [1.82, 2.24) is 5.32 Å². The van der Waals surface area contributed by atoms with Crippen molar-refractivity contribution in [2.24, 2.45) is 0 Å². The fourth-order valence-electron chi connectivity index (χ4n) is 2.92. The quantitative estimate of drug-likeness (QED) is 0.303. The molecule has 1 aromatic rings. The van der Waals surface area contributed by atoms with Crippen molar-refractivity contribution < 1.29 is 38.4 Å². The van der Waals surface area contributed by atoms with Crippen LogP contribution < -0.4 is 5.32 Å². The molecule has 1 fully saturated rings. The average molecular weight is 545 g/mol. The Labute approximate surface area is 210 Å². The molecule has 0 bridgehead atoms. The first kappa shape index (κ1) is 27.8. The number of rotatable bonds is 7. The van der Waals surface area contributed by atoms with Crippen LogP contribution in [0, 0.1) is 6.92 Å². The molecule has 1 saturated heterocycles. The van der Waals surface area contributed by atoms with Crippen LogP contribution in [-0.2, 0) is 28.5 Å². The van der Waals surface area contributed by atoms with Gasteiger partial charge in [-0.1, -0.05) is 64.3 Å². The monoisotopic (exact) mass is 543 g/mol. The number of benzene rings is 1. The first-order valence-electron chi connectivity index (χ1n) is 9.73. The molecular weight excluding hydrogens is 521 g/mol.